The highest BCUT2D eigenvalue weighted by Gasteiger charge is 2.30. The van der Waals surface area contributed by atoms with Crippen molar-refractivity contribution in [1.82, 2.24) is 0 Å². The molecule has 0 radical (unpaired) electrons. The topological polar surface area (TPSA) is 12.4 Å². The van der Waals surface area contributed by atoms with Crippen LogP contribution in [0.5, 0.6) is 0 Å². The largest absolute Gasteiger partial charge is 0.248 e. The Morgan fingerprint density at radius 3 is 2.04 bits per heavy atom. The Hall–Kier alpha value is -4.41. The van der Waals surface area contributed by atoms with Gasteiger partial charge in [0.05, 0.1) is 0 Å². The summed E-state index contributed by atoms with van der Waals surface area (Å²) in [6, 6.07) is 18.1. The van der Waals surface area contributed by atoms with E-state index in [1.807, 2.05) is 71.9 Å². The van der Waals surface area contributed by atoms with Gasteiger partial charge in [-0.15, -0.1) is 0 Å². The van der Waals surface area contributed by atoms with Crippen LogP contribution in [0.1, 0.15) is 163 Å². The maximum absolute atomic E-state index is 4.52. The molecule has 0 aliphatic heterocycles. The van der Waals surface area contributed by atoms with E-state index in [4.69, 9.17) is 0 Å². The van der Waals surface area contributed by atoms with Crippen molar-refractivity contribution in [2.24, 2.45) is 16.3 Å². The summed E-state index contributed by atoms with van der Waals surface area (Å²) in [5, 5.41) is 0. The average Bonchev–Trinajstić information content (AvgIpc) is 3.51. The third-order valence-electron chi connectivity index (χ3n) is 9.96. The zero-order valence-electron chi connectivity index (χ0n) is 37.4. The molecule has 1 aliphatic carbocycles. The molecule has 1 aliphatic rings. The molecular formula is C54H77N. The predicted octanol–water partition coefficient (Wildman–Crippen LogP) is 16.9. The number of aliphatic imine (C=N–C) groups is 1. The van der Waals surface area contributed by atoms with Crippen LogP contribution in [0, 0.1) is 23.2 Å². The van der Waals surface area contributed by atoms with Crippen LogP contribution < -0.4 is 0 Å². The standard InChI is InChI=1S/C33H42.C13H19N.C6H10.C2H6/c1-7-27-19-21-29(22-20-27)32(28-15-11-9-10-12-16-28)31-18-14-13-17-30(31)26(5)33(6,8-2)24-23-25(3)4;1-6-10-13(11(5)7-2)14-12(8-3)9-4;1-3-5-6-4-2;1-2/h7,11,13-15,17-26H,1,8-10,12,16H2,2-6H3;7H,2,8-9H2,1,3-5H3;3-6H,1-2H3;1-2H3/b24-23-,32-28-;13-11+;5-3-,6-4-;. The van der Waals surface area contributed by atoms with Crippen molar-refractivity contribution in [3.05, 3.63) is 155 Å². The highest BCUT2D eigenvalue weighted by molar-refractivity contribution is 5.86. The number of benzene rings is 2. The smallest absolute Gasteiger partial charge is 0.115 e. The maximum atomic E-state index is 4.52. The van der Waals surface area contributed by atoms with Crippen LogP contribution in [0.25, 0.3) is 11.6 Å². The molecule has 0 aromatic heterocycles. The molecule has 0 saturated heterocycles. The van der Waals surface area contributed by atoms with Gasteiger partial charge in [0.2, 0.25) is 0 Å². The first-order chi connectivity index (χ1) is 26.5. The first kappa shape index (κ1) is 50.6. The van der Waals surface area contributed by atoms with E-state index in [-0.39, 0.29) is 5.41 Å². The maximum Gasteiger partial charge on any atom is 0.115 e. The Balaban J connectivity index is 0.00000110. The van der Waals surface area contributed by atoms with Crippen molar-refractivity contribution in [3.63, 3.8) is 0 Å². The molecule has 2 aromatic carbocycles. The molecule has 1 nitrogen and oxygen atoms in total. The van der Waals surface area contributed by atoms with Crippen molar-refractivity contribution in [2.45, 2.75) is 141 Å². The van der Waals surface area contributed by atoms with Crippen LogP contribution in [-0.4, -0.2) is 5.71 Å². The summed E-state index contributed by atoms with van der Waals surface area (Å²) < 4.78 is 0. The lowest BCUT2D eigenvalue weighted by atomic mass is 9.70. The number of hydrogen-bond acceptors (Lipinski definition) is 1. The summed E-state index contributed by atoms with van der Waals surface area (Å²) in [5.41, 5.74) is 11.4. The molecule has 298 valence electrons. The molecule has 2 unspecified atom stereocenters. The summed E-state index contributed by atoms with van der Waals surface area (Å²) in [5.74, 6) is 6.85. The van der Waals surface area contributed by atoms with E-state index in [0.29, 0.717) is 11.8 Å². The molecule has 0 amide bonds. The number of allylic oxidation sites excluding steroid dienone is 12. The zero-order valence-corrected chi connectivity index (χ0v) is 37.4. The van der Waals surface area contributed by atoms with Crippen LogP contribution in [0.3, 0.4) is 0 Å². The fraction of sp³-hybridized carbons (Fsp3) is 0.426. The third kappa shape index (κ3) is 18.2. The van der Waals surface area contributed by atoms with Crippen molar-refractivity contribution in [2.75, 3.05) is 0 Å². The SMILES string of the molecule is C/C=C\C=C/C.C=C/C(C)=C(\C#CC)N=C(CC)CC.C=Cc1ccc(/C(=C2\C=CCCCC2)c2ccccc2C(C)C(C)(/C=C\C(C)C)CC)cc1.CC. The van der Waals surface area contributed by atoms with Gasteiger partial charge in [0.25, 0.3) is 0 Å². The number of hydrogen-bond donors (Lipinski definition) is 0. The van der Waals surface area contributed by atoms with Gasteiger partial charge in [0, 0.05) is 5.71 Å². The highest BCUT2D eigenvalue weighted by Crippen LogP contribution is 2.44. The fourth-order valence-electron chi connectivity index (χ4n) is 6.05. The van der Waals surface area contributed by atoms with Crippen molar-refractivity contribution in [1.29, 1.82) is 0 Å². The van der Waals surface area contributed by atoms with Gasteiger partial charge in [0.15, 0.2) is 0 Å². The quantitative estimate of drug-likeness (QED) is 0.0839. The van der Waals surface area contributed by atoms with E-state index in [9.17, 15) is 0 Å². The van der Waals surface area contributed by atoms with E-state index < -0.39 is 0 Å². The molecule has 0 N–H and O–H groups in total. The van der Waals surface area contributed by atoms with Crippen molar-refractivity contribution < 1.29 is 0 Å². The Morgan fingerprint density at radius 2 is 1.53 bits per heavy atom. The van der Waals surface area contributed by atoms with Gasteiger partial charge >= 0.3 is 0 Å². The summed E-state index contributed by atoms with van der Waals surface area (Å²) in [4.78, 5) is 4.52. The van der Waals surface area contributed by atoms with E-state index in [1.54, 1.807) is 6.08 Å². The lowest BCUT2D eigenvalue weighted by Gasteiger charge is -2.34. The molecule has 55 heavy (non-hydrogen) atoms. The molecule has 0 fully saturated rings. The second-order valence-corrected chi connectivity index (χ2v) is 14.2. The Morgan fingerprint density at radius 1 is 0.909 bits per heavy atom. The van der Waals surface area contributed by atoms with E-state index in [1.165, 1.54) is 58.4 Å². The van der Waals surface area contributed by atoms with Crippen LogP contribution in [-0.2, 0) is 0 Å². The van der Waals surface area contributed by atoms with Gasteiger partial charge in [-0.1, -0.05) is 191 Å². The molecular weight excluding hydrogens is 663 g/mol. The lowest BCUT2D eigenvalue weighted by molar-refractivity contribution is 0.338. The molecule has 0 spiro atoms. The Labute approximate surface area is 340 Å². The summed E-state index contributed by atoms with van der Waals surface area (Å²) in [6.07, 6.45) is 29.2. The predicted molar refractivity (Wildman–Crippen MR) is 253 cm³/mol. The third-order valence-corrected chi connectivity index (χ3v) is 9.96. The first-order valence-electron chi connectivity index (χ1n) is 21.0. The average molecular weight is 740 g/mol. The fourth-order valence-corrected chi connectivity index (χ4v) is 6.05. The van der Waals surface area contributed by atoms with E-state index in [0.717, 1.165) is 37.0 Å². The van der Waals surface area contributed by atoms with E-state index in [2.05, 4.69) is 151 Å². The number of rotatable bonds is 13. The van der Waals surface area contributed by atoms with Crippen LogP contribution in [0.4, 0.5) is 0 Å². The molecule has 0 bridgehead atoms. The minimum atomic E-state index is 0.113. The number of nitrogens with zero attached hydrogens (tertiary/aromatic N) is 1. The second-order valence-electron chi connectivity index (χ2n) is 14.2. The van der Waals surface area contributed by atoms with Gasteiger partial charge < -0.3 is 0 Å². The molecule has 1 heteroatoms. The lowest BCUT2D eigenvalue weighted by Crippen LogP contribution is -2.22. The Bertz CT molecular complexity index is 1670. The zero-order chi connectivity index (χ0) is 41.6. The molecule has 3 rings (SSSR count). The summed E-state index contributed by atoms with van der Waals surface area (Å²) >= 11 is 0. The highest BCUT2D eigenvalue weighted by atomic mass is 14.8. The minimum Gasteiger partial charge on any atom is -0.248 e. The normalized spacial score (nSPS) is 15.4. The van der Waals surface area contributed by atoms with E-state index >= 15 is 0 Å². The second kappa shape index (κ2) is 29.9. The molecule has 2 aromatic rings. The van der Waals surface area contributed by atoms with Crippen LogP contribution in [0.2, 0.25) is 0 Å². The van der Waals surface area contributed by atoms with Crippen molar-refractivity contribution >= 4 is 17.4 Å². The van der Waals surface area contributed by atoms with Crippen molar-refractivity contribution in [3.8, 4) is 11.8 Å². The monoisotopic (exact) mass is 740 g/mol. The first-order valence-corrected chi connectivity index (χ1v) is 21.0. The summed E-state index contributed by atoms with van der Waals surface area (Å²) in [6.45, 7) is 35.4. The van der Waals surface area contributed by atoms with Gasteiger partial charge in [-0.25, -0.2) is 4.99 Å². The summed E-state index contributed by atoms with van der Waals surface area (Å²) in [7, 11) is 0. The van der Waals surface area contributed by atoms with Gasteiger partial charge in [-0.2, -0.15) is 0 Å². The Kier molecular flexibility index (Phi) is 27.5. The minimum absolute atomic E-state index is 0.113. The van der Waals surface area contributed by atoms with Crippen LogP contribution >= 0.6 is 0 Å². The molecule has 2 atom stereocenters. The molecule has 0 saturated carbocycles. The van der Waals surface area contributed by atoms with Crippen LogP contribution in [0.15, 0.2) is 138 Å². The van der Waals surface area contributed by atoms with Gasteiger partial charge in [-0.05, 0) is 135 Å². The molecule has 0 heterocycles. The van der Waals surface area contributed by atoms with Gasteiger partial charge in [-0.3, -0.25) is 0 Å². The van der Waals surface area contributed by atoms with Gasteiger partial charge in [0.1, 0.15) is 5.70 Å².